The number of nitriles is 2. The molecule has 0 saturated heterocycles. The normalized spacial score (nSPS) is 21.9. The molecular weight excluding hydrogens is 308 g/mol. The van der Waals surface area contributed by atoms with Gasteiger partial charge in [-0.2, -0.15) is 10.5 Å². The van der Waals surface area contributed by atoms with Crippen LogP contribution in [0.3, 0.4) is 0 Å². The predicted octanol–water partition coefficient (Wildman–Crippen LogP) is 2.97. The topological polar surface area (TPSA) is 81.7 Å². The van der Waals surface area contributed by atoms with Crippen molar-refractivity contribution in [1.82, 2.24) is 0 Å². The third-order valence-electron chi connectivity index (χ3n) is 4.35. The Morgan fingerprint density at radius 2 is 1.52 bits per heavy atom. The van der Waals surface area contributed by atoms with E-state index in [1.54, 1.807) is 36.4 Å². The average Bonchev–Trinajstić information content (AvgIpc) is 3.27. The van der Waals surface area contributed by atoms with E-state index in [1.807, 2.05) is 25.1 Å². The summed E-state index contributed by atoms with van der Waals surface area (Å²) in [6, 6.07) is 19.3. The maximum Gasteiger partial charge on any atom is 0.184 e. The van der Waals surface area contributed by atoms with Crippen LogP contribution in [0, 0.1) is 35.0 Å². The summed E-state index contributed by atoms with van der Waals surface area (Å²) in [4.78, 5) is 0.154. The van der Waals surface area contributed by atoms with Crippen LogP contribution in [0.1, 0.15) is 17.0 Å². The molecule has 1 fully saturated rings. The van der Waals surface area contributed by atoms with Gasteiger partial charge >= 0.3 is 0 Å². The van der Waals surface area contributed by atoms with Crippen molar-refractivity contribution in [3.63, 3.8) is 0 Å². The molecule has 4 nitrogen and oxygen atoms in total. The van der Waals surface area contributed by atoms with Crippen LogP contribution >= 0.6 is 0 Å². The minimum Gasteiger partial charge on any atom is -0.223 e. The van der Waals surface area contributed by atoms with Gasteiger partial charge in [0.05, 0.1) is 17.0 Å². The van der Waals surface area contributed by atoms with E-state index in [0.717, 1.165) is 5.56 Å². The molecule has 0 spiro atoms. The van der Waals surface area contributed by atoms with Crippen LogP contribution < -0.4 is 0 Å². The first-order chi connectivity index (χ1) is 11.0. The molecule has 0 bridgehead atoms. The average molecular weight is 322 g/mol. The maximum absolute atomic E-state index is 12.9. The molecule has 3 rings (SSSR count). The zero-order valence-corrected chi connectivity index (χ0v) is 13.3. The van der Waals surface area contributed by atoms with Gasteiger partial charge in [0.2, 0.25) is 0 Å². The molecular formula is C18H14N2O2S. The zero-order valence-electron chi connectivity index (χ0n) is 12.5. The number of hydrogen-bond acceptors (Lipinski definition) is 4. The van der Waals surface area contributed by atoms with Crippen molar-refractivity contribution in [1.29, 1.82) is 10.5 Å². The van der Waals surface area contributed by atoms with Crippen molar-refractivity contribution < 1.29 is 8.42 Å². The van der Waals surface area contributed by atoms with E-state index in [4.69, 9.17) is 0 Å². The van der Waals surface area contributed by atoms with Gasteiger partial charge in [-0.1, -0.05) is 48.0 Å². The van der Waals surface area contributed by atoms with E-state index in [2.05, 4.69) is 0 Å². The molecule has 5 heteroatoms. The Morgan fingerprint density at radius 1 is 0.957 bits per heavy atom. The highest BCUT2D eigenvalue weighted by molar-refractivity contribution is 7.92. The van der Waals surface area contributed by atoms with Gasteiger partial charge in [0.1, 0.15) is 5.25 Å². The summed E-state index contributed by atoms with van der Waals surface area (Å²) in [5, 5.41) is 17.9. The first-order valence-corrected chi connectivity index (χ1v) is 8.70. The number of hydrogen-bond donors (Lipinski definition) is 0. The first kappa shape index (κ1) is 15.3. The second kappa shape index (κ2) is 5.22. The monoisotopic (exact) mass is 322 g/mol. The van der Waals surface area contributed by atoms with Crippen molar-refractivity contribution >= 4 is 9.84 Å². The molecule has 114 valence electrons. The van der Waals surface area contributed by atoms with E-state index < -0.39 is 26.4 Å². The van der Waals surface area contributed by atoms with Gasteiger partial charge in [-0.15, -0.1) is 0 Å². The van der Waals surface area contributed by atoms with Gasteiger partial charge in [0.25, 0.3) is 0 Å². The Hall–Kier alpha value is -2.63. The predicted molar refractivity (Wildman–Crippen MR) is 85.0 cm³/mol. The molecule has 1 aliphatic rings. The van der Waals surface area contributed by atoms with Crippen molar-refractivity contribution in [2.45, 2.75) is 23.0 Å². The SMILES string of the molecule is Cc1ccc(S(=O)(=O)[C@H]2[C@@H](c3ccccc3)C2(C#N)C#N)cc1. The molecule has 1 aliphatic carbocycles. The number of aryl methyl sites for hydroxylation is 1. The highest BCUT2D eigenvalue weighted by atomic mass is 32.2. The Kier molecular flexibility index (Phi) is 3.47. The lowest BCUT2D eigenvalue weighted by atomic mass is 10.0. The van der Waals surface area contributed by atoms with Crippen molar-refractivity contribution in [2.75, 3.05) is 0 Å². The van der Waals surface area contributed by atoms with E-state index in [9.17, 15) is 18.9 Å². The van der Waals surface area contributed by atoms with Gasteiger partial charge in [-0.25, -0.2) is 8.42 Å². The largest absolute Gasteiger partial charge is 0.223 e. The molecule has 23 heavy (non-hydrogen) atoms. The lowest BCUT2D eigenvalue weighted by Gasteiger charge is -2.04. The molecule has 0 heterocycles. The Labute approximate surface area is 135 Å². The Bertz CT molecular complexity index is 906. The van der Waals surface area contributed by atoms with Gasteiger partial charge in [0.15, 0.2) is 15.3 Å². The molecule has 1 saturated carbocycles. The second-order valence-electron chi connectivity index (χ2n) is 5.76. The fourth-order valence-corrected chi connectivity index (χ4v) is 5.25. The van der Waals surface area contributed by atoms with Crippen LogP contribution in [0.2, 0.25) is 0 Å². The molecule has 0 N–H and O–H groups in total. The first-order valence-electron chi connectivity index (χ1n) is 7.15. The molecule has 2 aromatic carbocycles. The summed E-state index contributed by atoms with van der Waals surface area (Å²) in [7, 11) is -3.76. The smallest absolute Gasteiger partial charge is 0.184 e. The van der Waals surface area contributed by atoms with E-state index >= 15 is 0 Å². The number of benzene rings is 2. The summed E-state index contributed by atoms with van der Waals surface area (Å²) in [6.07, 6.45) is 0. The summed E-state index contributed by atoms with van der Waals surface area (Å²) < 4.78 is 25.8. The van der Waals surface area contributed by atoms with Crippen LogP contribution in [-0.2, 0) is 9.84 Å². The van der Waals surface area contributed by atoms with Crippen LogP contribution in [0.5, 0.6) is 0 Å². The number of sulfone groups is 1. The highest BCUT2D eigenvalue weighted by Gasteiger charge is 2.73. The Morgan fingerprint density at radius 3 is 2.04 bits per heavy atom. The second-order valence-corrected chi connectivity index (χ2v) is 7.83. The van der Waals surface area contributed by atoms with E-state index in [-0.39, 0.29) is 4.90 Å². The maximum atomic E-state index is 12.9. The van der Waals surface area contributed by atoms with Gasteiger partial charge in [-0.3, -0.25) is 0 Å². The Balaban J connectivity index is 2.10. The fraction of sp³-hybridized carbons (Fsp3) is 0.222. The minimum absolute atomic E-state index is 0.154. The van der Waals surface area contributed by atoms with Crippen LogP contribution in [0.4, 0.5) is 0 Å². The quantitative estimate of drug-likeness (QED) is 0.870. The molecule has 2 aromatic rings. The van der Waals surface area contributed by atoms with Crippen molar-refractivity contribution in [3.05, 3.63) is 65.7 Å². The summed E-state index contributed by atoms with van der Waals surface area (Å²) in [6.45, 7) is 1.87. The third kappa shape index (κ3) is 2.21. The summed E-state index contributed by atoms with van der Waals surface area (Å²) in [5.41, 5.74) is 0.132. The molecule has 0 radical (unpaired) electrons. The fourth-order valence-electron chi connectivity index (χ4n) is 3.04. The minimum atomic E-state index is -3.76. The van der Waals surface area contributed by atoms with Crippen molar-refractivity contribution in [2.24, 2.45) is 5.41 Å². The van der Waals surface area contributed by atoms with Crippen LogP contribution in [0.15, 0.2) is 59.5 Å². The molecule has 0 aliphatic heterocycles. The lowest BCUT2D eigenvalue weighted by molar-refractivity contribution is 0.591. The molecule has 0 unspecified atom stereocenters. The number of rotatable bonds is 3. The van der Waals surface area contributed by atoms with Crippen LogP contribution in [-0.4, -0.2) is 13.7 Å². The molecule has 0 amide bonds. The summed E-state index contributed by atoms with van der Waals surface area (Å²) in [5.74, 6) is -0.620. The highest BCUT2D eigenvalue weighted by Crippen LogP contribution is 2.63. The lowest BCUT2D eigenvalue weighted by Crippen LogP contribution is -2.14. The van der Waals surface area contributed by atoms with E-state index in [0.29, 0.717) is 5.56 Å². The van der Waals surface area contributed by atoms with Crippen LogP contribution in [0.25, 0.3) is 0 Å². The van der Waals surface area contributed by atoms with Gasteiger partial charge in [-0.05, 0) is 24.6 Å². The van der Waals surface area contributed by atoms with Gasteiger partial charge < -0.3 is 0 Å². The van der Waals surface area contributed by atoms with Crippen molar-refractivity contribution in [3.8, 4) is 12.1 Å². The molecule has 2 atom stereocenters. The number of nitrogens with zero attached hydrogens (tertiary/aromatic N) is 2. The standard InChI is InChI=1S/C18H14N2O2S/c1-13-7-9-15(10-8-13)23(21,22)17-16(18(17,11-19)12-20)14-5-3-2-4-6-14/h2-10,16-17H,1H3/t16-,17+/m1/s1. The molecule has 0 aromatic heterocycles. The van der Waals surface area contributed by atoms with E-state index in [1.165, 1.54) is 12.1 Å². The summed E-state index contributed by atoms with van der Waals surface area (Å²) >= 11 is 0. The van der Waals surface area contributed by atoms with Gasteiger partial charge in [0, 0.05) is 5.92 Å². The zero-order chi connectivity index (χ0) is 16.7. The third-order valence-corrected chi connectivity index (χ3v) is 6.59.